The van der Waals surface area contributed by atoms with Crippen LogP contribution in [0.3, 0.4) is 0 Å². The predicted molar refractivity (Wildman–Crippen MR) is 428 cm³/mol. The van der Waals surface area contributed by atoms with E-state index in [2.05, 4.69) is 148 Å². The van der Waals surface area contributed by atoms with Crippen molar-refractivity contribution in [1.29, 1.82) is 0 Å². The third-order valence-corrected chi connectivity index (χ3v) is 17.9. The molecule has 0 fully saturated rings. The number of likely N-dealkylation sites (N-methyl/N-ethyl adjacent to an activating group) is 1. The van der Waals surface area contributed by atoms with Gasteiger partial charge in [0.2, 0.25) is 0 Å². The number of allylic oxidation sites excluding steroid dienone is 22. The summed E-state index contributed by atoms with van der Waals surface area (Å²) in [6.07, 6.45) is 112. The zero-order chi connectivity index (χ0) is 71.8. The zero-order valence-electron chi connectivity index (χ0n) is 65.1. The van der Waals surface area contributed by atoms with Crippen molar-refractivity contribution in [1.82, 2.24) is 0 Å². The number of hydrogen-bond donors (Lipinski definition) is 1. The second kappa shape index (κ2) is 79.1. The molecule has 0 saturated carbocycles. The number of aliphatic carboxylic acids is 1. The minimum Gasteiger partial charge on any atom is -0.477 e. The molecule has 0 amide bonds. The molecule has 9 nitrogen and oxygen atoms in total. The minimum atomic E-state index is -1.51. The highest BCUT2D eigenvalue weighted by Gasteiger charge is 2.25. The van der Waals surface area contributed by atoms with Gasteiger partial charge in [0.25, 0.3) is 6.29 Å². The van der Waals surface area contributed by atoms with Gasteiger partial charge < -0.3 is 28.5 Å². The van der Waals surface area contributed by atoms with Crippen molar-refractivity contribution in [3.63, 3.8) is 0 Å². The lowest BCUT2D eigenvalue weighted by Crippen LogP contribution is -2.40. The Bertz CT molecular complexity index is 2100. The van der Waals surface area contributed by atoms with Crippen molar-refractivity contribution in [2.75, 3.05) is 47.5 Å². The molecule has 2 unspecified atom stereocenters. The number of esters is 2. The maximum atomic E-state index is 13.0. The van der Waals surface area contributed by atoms with Crippen molar-refractivity contribution in [2.45, 2.75) is 373 Å². The lowest BCUT2D eigenvalue weighted by molar-refractivity contribution is -0.870. The molecule has 0 radical (unpaired) electrons. The second-order valence-corrected chi connectivity index (χ2v) is 28.7. The molecule has 0 aromatic heterocycles. The molecule has 2 atom stereocenters. The fraction of sp³-hybridized carbons (Fsp3) is 0.722. The standard InChI is InChI=1S/C90H155NO8/c1-6-8-10-12-14-16-18-20-22-24-26-28-30-32-34-36-38-40-41-42-43-44-45-46-47-49-51-53-55-57-59-61-63-65-67-69-71-73-75-77-79-81-88(93)99-86(85-98-90(89(94)95)96-83-82-91(3,4)5)84-97-87(92)80-78-76-74-72-70-68-66-64-62-60-58-56-54-52-50-48-39-37-35-33-31-29-27-25-23-21-19-17-15-13-11-9-7-2/h8-11,14-17,20-23,26-29,32-35,38,40,86,90H,6-7,12-13,18-19,24-25,30-31,36-37,39,41-85H2,1-5H3/p+1/b10-8-,11-9-,16-14-,17-15-,22-20-,23-21-,28-26-,29-27-,34-32-,35-33-,40-38-. The topological polar surface area (TPSA) is 108 Å². The van der Waals surface area contributed by atoms with Gasteiger partial charge in [-0.15, -0.1) is 0 Å². The van der Waals surface area contributed by atoms with Crippen LogP contribution in [0.15, 0.2) is 134 Å². The highest BCUT2D eigenvalue weighted by molar-refractivity contribution is 5.71. The summed E-state index contributed by atoms with van der Waals surface area (Å²) < 4.78 is 23.1. The highest BCUT2D eigenvalue weighted by atomic mass is 16.7. The molecule has 0 saturated heterocycles. The number of quaternary nitrogens is 1. The lowest BCUT2D eigenvalue weighted by atomic mass is 10.0. The number of carbonyl (C=O) groups excluding carboxylic acids is 2. The van der Waals surface area contributed by atoms with Crippen molar-refractivity contribution < 1.29 is 42.9 Å². The van der Waals surface area contributed by atoms with E-state index in [1.54, 1.807) is 0 Å². The first kappa shape index (κ1) is 94.4. The first-order chi connectivity index (χ1) is 48.6. The average Bonchev–Trinajstić information content (AvgIpc) is 2.62. The number of carbonyl (C=O) groups is 3. The molecule has 0 bridgehead atoms. The van der Waals surface area contributed by atoms with Crippen LogP contribution in [0.5, 0.6) is 0 Å². The normalized spacial score (nSPS) is 13.3. The maximum absolute atomic E-state index is 13.0. The summed E-state index contributed by atoms with van der Waals surface area (Å²) in [4.78, 5) is 37.8. The van der Waals surface area contributed by atoms with Crippen molar-refractivity contribution >= 4 is 17.9 Å². The maximum Gasteiger partial charge on any atom is 0.361 e. The first-order valence-corrected chi connectivity index (χ1v) is 41.3. The van der Waals surface area contributed by atoms with E-state index in [-0.39, 0.29) is 38.2 Å². The second-order valence-electron chi connectivity index (χ2n) is 28.7. The molecule has 1 N–H and O–H groups in total. The predicted octanol–water partition coefficient (Wildman–Crippen LogP) is 26.8. The summed E-state index contributed by atoms with van der Waals surface area (Å²) in [6.45, 7) is 4.69. The lowest BCUT2D eigenvalue weighted by Gasteiger charge is -2.25. The van der Waals surface area contributed by atoms with E-state index < -0.39 is 18.4 Å². The van der Waals surface area contributed by atoms with Crippen molar-refractivity contribution in [3.05, 3.63) is 134 Å². The Labute approximate surface area is 611 Å². The average molecular weight is 1380 g/mol. The Morgan fingerprint density at radius 2 is 0.545 bits per heavy atom. The molecule has 0 aromatic rings. The molecule has 0 aliphatic heterocycles. The van der Waals surface area contributed by atoms with Crippen molar-refractivity contribution in [3.8, 4) is 0 Å². The van der Waals surface area contributed by atoms with Crippen LogP contribution in [0.25, 0.3) is 0 Å². The molecule has 0 spiro atoms. The van der Waals surface area contributed by atoms with Gasteiger partial charge in [-0.3, -0.25) is 9.59 Å². The smallest absolute Gasteiger partial charge is 0.361 e. The fourth-order valence-electron chi connectivity index (χ4n) is 11.7. The van der Waals surface area contributed by atoms with Gasteiger partial charge in [0.05, 0.1) is 34.4 Å². The van der Waals surface area contributed by atoms with Crippen LogP contribution in [0.4, 0.5) is 0 Å². The summed E-state index contributed by atoms with van der Waals surface area (Å²) in [6, 6.07) is 0. The largest absolute Gasteiger partial charge is 0.477 e. The molecule has 99 heavy (non-hydrogen) atoms. The summed E-state index contributed by atoms with van der Waals surface area (Å²) in [5, 5.41) is 9.78. The first-order valence-electron chi connectivity index (χ1n) is 41.3. The van der Waals surface area contributed by atoms with E-state index in [1.165, 1.54) is 225 Å². The van der Waals surface area contributed by atoms with Crippen LogP contribution in [0.1, 0.15) is 361 Å². The number of carboxylic acid groups (broad SMARTS) is 1. The van der Waals surface area contributed by atoms with Crippen LogP contribution >= 0.6 is 0 Å². The molecular weight excluding hydrogens is 1220 g/mol. The Balaban J connectivity index is 3.98. The molecule has 0 aromatic carbocycles. The fourth-order valence-corrected chi connectivity index (χ4v) is 11.7. The van der Waals surface area contributed by atoms with Crippen LogP contribution in [-0.2, 0) is 33.3 Å². The van der Waals surface area contributed by atoms with Gasteiger partial charge in [0, 0.05) is 12.8 Å². The number of carboxylic acids is 1. The van der Waals surface area contributed by atoms with Gasteiger partial charge in [-0.2, -0.15) is 0 Å². The zero-order valence-corrected chi connectivity index (χ0v) is 65.1. The summed E-state index contributed by atoms with van der Waals surface area (Å²) in [5.41, 5.74) is 0. The summed E-state index contributed by atoms with van der Waals surface area (Å²) in [5.74, 6) is -1.99. The molecule has 0 aliphatic carbocycles. The highest BCUT2D eigenvalue weighted by Crippen LogP contribution is 2.19. The van der Waals surface area contributed by atoms with E-state index in [9.17, 15) is 19.5 Å². The van der Waals surface area contributed by atoms with Crippen LogP contribution in [-0.4, -0.2) is 87.4 Å². The van der Waals surface area contributed by atoms with Gasteiger partial charge in [0.1, 0.15) is 13.2 Å². The van der Waals surface area contributed by atoms with Gasteiger partial charge >= 0.3 is 17.9 Å². The number of ether oxygens (including phenoxy) is 4. The number of hydrogen-bond acceptors (Lipinski definition) is 7. The van der Waals surface area contributed by atoms with E-state index in [0.717, 1.165) is 109 Å². The van der Waals surface area contributed by atoms with E-state index in [4.69, 9.17) is 18.9 Å². The van der Waals surface area contributed by atoms with Crippen molar-refractivity contribution in [2.24, 2.45) is 0 Å². The molecule has 9 heteroatoms. The van der Waals surface area contributed by atoms with Crippen LogP contribution in [0.2, 0.25) is 0 Å². The van der Waals surface area contributed by atoms with Crippen LogP contribution < -0.4 is 0 Å². The van der Waals surface area contributed by atoms with E-state index in [0.29, 0.717) is 17.4 Å². The molecule has 0 aliphatic rings. The number of nitrogens with zero attached hydrogens (tertiary/aromatic N) is 1. The molecular formula is C90H156NO8+. The van der Waals surface area contributed by atoms with E-state index in [1.807, 2.05) is 21.1 Å². The molecule has 0 rings (SSSR count). The van der Waals surface area contributed by atoms with Gasteiger partial charge in [-0.1, -0.05) is 372 Å². The Hall–Kier alpha value is -4.57. The minimum absolute atomic E-state index is 0.182. The van der Waals surface area contributed by atoms with Gasteiger partial charge in [-0.05, 0) is 109 Å². The molecule has 568 valence electrons. The third kappa shape index (κ3) is 80.6. The number of unbranched alkanes of at least 4 members (excludes halogenated alkanes) is 39. The van der Waals surface area contributed by atoms with Crippen LogP contribution in [0, 0.1) is 0 Å². The quantitative estimate of drug-likeness (QED) is 0.0211. The van der Waals surface area contributed by atoms with Gasteiger partial charge in [-0.25, -0.2) is 4.79 Å². The summed E-state index contributed by atoms with van der Waals surface area (Å²) >= 11 is 0. The van der Waals surface area contributed by atoms with E-state index >= 15 is 0 Å². The Kier molecular flexibility index (Phi) is 75.5. The Morgan fingerprint density at radius 1 is 0.303 bits per heavy atom. The van der Waals surface area contributed by atoms with Gasteiger partial charge in [0.15, 0.2) is 6.10 Å². The third-order valence-electron chi connectivity index (χ3n) is 17.9. The summed E-state index contributed by atoms with van der Waals surface area (Å²) in [7, 11) is 5.99. The monoisotopic (exact) mass is 1380 g/mol. The SMILES string of the molecule is CC/C=C\C/C=C\C/C=C\C/C=C\C/C=C\C/C=C\CCCCCCCCCCCCCCCCCCCCCCCCC(=O)OC(COC(=O)CCCCCCCCCCCCCCCCCCC/C=C\C/C=C\C/C=C\C/C=C\C/C=C\CC)COC(OCC[N+](C)(C)C)C(=O)O. The molecule has 0 heterocycles. The number of rotatable bonds is 76. The Morgan fingerprint density at radius 3 is 0.808 bits per heavy atom.